The average Bonchev–Trinajstić information content (AvgIpc) is 3.37. The highest BCUT2D eigenvalue weighted by atomic mass is 32.2. The van der Waals surface area contributed by atoms with Crippen molar-refractivity contribution in [3.8, 4) is 5.75 Å². The van der Waals surface area contributed by atoms with Gasteiger partial charge in [-0.25, -0.2) is 4.99 Å². The fourth-order valence-corrected chi connectivity index (χ4v) is 6.30. The van der Waals surface area contributed by atoms with Crippen LogP contribution in [0.25, 0.3) is 0 Å². The van der Waals surface area contributed by atoms with Crippen LogP contribution in [0.15, 0.2) is 92.6 Å². The Balaban J connectivity index is 1.56. The number of anilines is 1. The quantitative estimate of drug-likeness (QED) is 0.381. The highest BCUT2D eigenvalue weighted by molar-refractivity contribution is 8.19. The first-order chi connectivity index (χ1) is 16.6. The number of methoxy groups -OCH3 is 1. The van der Waals surface area contributed by atoms with Gasteiger partial charge in [-0.2, -0.15) is 0 Å². The van der Waals surface area contributed by atoms with Crippen molar-refractivity contribution in [1.82, 2.24) is 4.90 Å². The molecule has 1 fully saturated rings. The van der Waals surface area contributed by atoms with Crippen LogP contribution in [0.1, 0.15) is 18.1 Å². The number of thioether (sulfide) groups is 2. The van der Waals surface area contributed by atoms with Gasteiger partial charge < -0.3 is 9.64 Å². The number of ether oxygens (including phenoxy) is 1. The molecule has 172 valence electrons. The largest absolute Gasteiger partial charge is 0.497 e. The number of carbonyl (C=O) groups excluding carboxylic acids is 1. The van der Waals surface area contributed by atoms with E-state index in [1.165, 1.54) is 17.3 Å². The van der Waals surface area contributed by atoms with E-state index in [0.29, 0.717) is 16.6 Å². The molecular weight excluding hydrogens is 462 g/mol. The summed E-state index contributed by atoms with van der Waals surface area (Å²) in [6.07, 6.45) is 0. The number of hydrogen-bond donors (Lipinski definition) is 0. The Kier molecular flexibility index (Phi) is 6.39. The second kappa shape index (κ2) is 9.60. The lowest BCUT2D eigenvalue weighted by molar-refractivity contribution is -0.122. The van der Waals surface area contributed by atoms with Gasteiger partial charge in [0.25, 0.3) is 5.91 Å². The summed E-state index contributed by atoms with van der Waals surface area (Å²) in [6.45, 7) is 5.38. The lowest BCUT2D eigenvalue weighted by atomic mass is 10.2. The molecule has 0 spiro atoms. The SMILES string of the molecule is CCN1/C(=C2/SC(=Nc3ccc(C)cc3)N(Cc3ccccc3)C2=O)Sc2ccc(OC)cc21. The van der Waals surface area contributed by atoms with Crippen LogP contribution in [0.4, 0.5) is 11.4 Å². The number of aliphatic imine (C=N–C) groups is 1. The predicted molar refractivity (Wildman–Crippen MR) is 142 cm³/mol. The fraction of sp³-hybridized carbons (Fsp3) is 0.185. The number of carbonyl (C=O) groups is 1. The van der Waals surface area contributed by atoms with E-state index in [1.807, 2.05) is 66.7 Å². The molecule has 2 aliphatic heterocycles. The highest BCUT2D eigenvalue weighted by Gasteiger charge is 2.39. The normalized spacial score (nSPS) is 18.7. The number of amidine groups is 1. The van der Waals surface area contributed by atoms with Gasteiger partial charge in [0, 0.05) is 17.5 Å². The van der Waals surface area contributed by atoms with Crippen LogP contribution in [0.3, 0.4) is 0 Å². The Morgan fingerprint density at radius 1 is 0.941 bits per heavy atom. The van der Waals surface area contributed by atoms with E-state index in [1.54, 1.807) is 23.8 Å². The Bertz CT molecular complexity index is 1290. The van der Waals surface area contributed by atoms with Crippen molar-refractivity contribution >= 4 is 46.0 Å². The van der Waals surface area contributed by atoms with Gasteiger partial charge in [0.2, 0.25) is 0 Å². The molecule has 7 heteroatoms. The maximum atomic E-state index is 13.8. The summed E-state index contributed by atoms with van der Waals surface area (Å²) in [5, 5.41) is 1.65. The molecule has 3 aromatic rings. The molecule has 0 bridgehead atoms. The topological polar surface area (TPSA) is 45.1 Å². The Hall–Kier alpha value is -3.16. The lowest BCUT2D eigenvalue weighted by Crippen LogP contribution is -2.29. The summed E-state index contributed by atoms with van der Waals surface area (Å²) >= 11 is 3.09. The van der Waals surface area contributed by atoms with E-state index >= 15 is 0 Å². The molecule has 0 atom stereocenters. The number of rotatable bonds is 5. The molecule has 1 saturated heterocycles. The molecule has 0 unspecified atom stereocenters. The van der Waals surface area contributed by atoms with Gasteiger partial charge in [0.1, 0.15) is 15.7 Å². The van der Waals surface area contributed by atoms with Crippen LogP contribution >= 0.6 is 23.5 Å². The lowest BCUT2D eigenvalue weighted by Gasteiger charge is -2.19. The Morgan fingerprint density at radius 3 is 2.41 bits per heavy atom. The second-order valence-electron chi connectivity index (χ2n) is 8.02. The molecule has 2 aliphatic rings. The van der Waals surface area contributed by atoms with Crippen LogP contribution in [-0.4, -0.2) is 29.6 Å². The molecule has 1 amide bonds. The molecule has 0 N–H and O–H groups in total. The van der Waals surface area contributed by atoms with Crippen LogP contribution in [-0.2, 0) is 11.3 Å². The maximum absolute atomic E-state index is 13.8. The minimum absolute atomic E-state index is 0.0135. The smallest absolute Gasteiger partial charge is 0.269 e. The number of aryl methyl sites for hydroxylation is 1. The van der Waals surface area contributed by atoms with Crippen LogP contribution < -0.4 is 9.64 Å². The number of benzene rings is 3. The van der Waals surface area contributed by atoms with Crippen molar-refractivity contribution in [2.75, 3.05) is 18.6 Å². The van der Waals surface area contributed by atoms with Crippen LogP contribution in [0.5, 0.6) is 5.75 Å². The summed E-state index contributed by atoms with van der Waals surface area (Å²) in [6, 6.07) is 24.2. The Morgan fingerprint density at radius 2 is 1.71 bits per heavy atom. The summed E-state index contributed by atoms with van der Waals surface area (Å²) in [5.41, 5.74) is 4.15. The predicted octanol–water partition coefficient (Wildman–Crippen LogP) is 6.57. The Labute approximate surface area is 208 Å². The third-order valence-electron chi connectivity index (χ3n) is 5.73. The van der Waals surface area contributed by atoms with Crippen LogP contribution in [0, 0.1) is 6.92 Å². The first-order valence-corrected chi connectivity index (χ1v) is 12.8. The maximum Gasteiger partial charge on any atom is 0.269 e. The van der Waals surface area contributed by atoms with Crippen molar-refractivity contribution < 1.29 is 9.53 Å². The molecule has 5 rings (SSSR count). The van der Waals surface area contributed by atoms with Crippen molar-refractivity contribution in [1.29, 1.82) is 0 Å². The standard InChI is InChI=1S/C27H25N3O2S2/c1-4-29-22-16-21(32-3)14-15-23(22)33-26(29)24-25(31)30(17-19-8-6-5-7-9-19)27(34-24)28-20-12-10-18(2)11-13-20/h5-16H,4,17H2,1-3H3/b26-24-,28-27?. The van der Waals surface area contributed by atoms with E-state index in [0.717, 1.165) is 39.2 Å². The molecule has 3 aromatic carbocycles. The second-order valence-corrected chi connectivity index (χ2v) is 10.0. The molecule has 0 aromatic heterocycles. The molecule has 5 nitrogen and oxygen atoms in total. The van der Waals surface area contributed by atoms with Gasteiger partial charge in [-0.15, -0.1) is 0 Å². The molecular formula is C27H25N3O2S2. The minimum atomic E-state index is -0.0135. The molecule has 2 heterocycles. The van der Waals surface area contributed by atoms with E-state index in [2.05, 4.69) is 24.8 Å². The zero-order valence-corrected chi connectivity index (χ0v) is 21.0. The third-order valence-corrected chi connectivity index (χ3v) is 8.10. The summed E-state index contributed by atoms with van der Waals surface area (Å²) < 4.78 is 5.44. The van der Waals surface area contributed by atoms with Crippen molar-refractivity contribution in [2.24, 2.45) is 4.99 Å². The molecule has 34 heavy (non-hydrogen) atoms. The number of amides is 1. The molecule has 0 saturated carbocycles. The van der Waals surface area contributed by atoms with Crippen LogP contribution in [0.2, 0.25) is 0 Å². The van der Waals surface area contributed by atoms with Gasteiger partial charge in [-0.1, -0.05) is 59.8 Å². The van der Waals surface area contributed by atoms with E-state index in [4.69, 9.17) is 9.73 Å². The number of fused-ring (bicyclic) bond motifs is 1. The van der Waals surface area contributed by atoms with Gasteiger partial charge in [0.05, 0.1) is 25.0 Å². The number of nitrogens with zero attached hydrogens (tertiary/aromatic N) is 3. The summed E-state index contributed by atoms with van der Waals surface area (Å²) in [4.78, 5) is 24.5. The summed E-state index contributed by atoms with van der Waals surface area (Å²) in [5.74, 6) is 0.794. The van der Waals surface area contributed by atoms with Crippen molar-refractivity contribution in [3.05, 3.63) is 93.9 Å². The van der Waals surface area contributed by atoms with Gasteiger partial charge in [-0.3, -0.25) is 9.69 Å². The van der Waals surface area contributed by atoms with Gasteiger partial charge in [0.15, 0.2) is 5.17 Å². The van der Waals surface area contributed by atoms with Gasteiger partial charge >= 0.3 is 0 Å². The average molecular weight is 488 g/mol. The minimum Gasteiger partial charge on any atom is -0.497 e. The van der Waals surface area contributed by atoms with E-state index in [9.17, 15) is 4.79 Å². The van der Waals surface area contributed by atoms with Gasteiger partial charge in [-0.05, 0) is 55.4 Å². The number of hydrogen-bond acceptors (Lipinski definition) is 6. The zero-order chi connectivity index (χ0) is 23.7. The monoisotopic (exact) mass is 487 g/mol. The van der Waals surface area contributed by atoms with E-state index < -0.39 is 0 Å². The molecule has 0 radical (unpaired) electrons. The first kappa shape index (κ1) is 22.6. The fourth-order valence-electron chi connectivity index (χ4n) is 3.93. The van der Waals surface area contributed by atoms with E-state index in [-0.39, 0.29) is 5.91 Å². The summed E-state index contributed by atoms with van der Waals surface area (Å²) in [7, 11) is 1.67. The first-order valence-electron chi connectivity index (χ1n) is 11.1. The zero-order valence-electron chi connectivity index (χ0n) is 19.3. The third kappa shape index (κ3) is 4.33. The van der Waals surface area contributed by atoms with Crippen molar-refractivity contribution in [2.45, 2.75) is 25.3 Å². The van der Waals surface area contributed by atoms with Crippen molar-refractivity contribution in [3.63, 3.8) is 0 Å². The highest BCUT2D eigenvalue weighted by Crippen LogP contribution is 2.51. The molecule has 0 aliphatic carbocycles.